The van der Waals surface area contributed by atoms with E-state index in [9.17, 15) is 18.3 Å². The molecule has 1 amide bonds. The van der Waals surface area contributed by atoms with E-state index in [1.54, 1.807) is 30.5 Å². The minimum absolute atomic E-state index is 0.139. The van der Waals surface area contributed by atoms with Crippen molar-refractivity contribution in [1.82, 2.24) is 13.9 Å². The Hall–Kier alpha value is -2.78. The van der Waals surface area contributed by atoms with E-state index in [4.69, 9.17) is 11.6 Å². The fourth-order valence-corrected chi connectivity index (χ4v) is 5.63. The molecule has 1 fully saturated rings. The number of rotatable bonds is 3. The number of piperazine rings is 1. The molecule has 0 saturated carbocycles. The zero-order valence-corrected chi connectivity index (χ0v) is 19.6. The molecule has 10 heteroatoms. The summed E-state index contributed by atoms with van der Waals surface area (Å²) >= 11 is 5.91. The van der Waals surface area contributed by atoms with Gasteiger partial charge in [-0.15, -0.1) is 0 Å². The first-order valence-corrected chi connectivity index (χ1v) is 12.0. The monoisotopic (exact) mass is 476 g/mol. The van der Waals surface area contributed by atoms with Gasteiger partial charge in [0, 0.05) is 42.4 Å². The van der Waals surface area contributed by atoms with Gasteiger partial charge >= 0.3 is 6.09 Å². The minimum Gasteiger partial charge on any atom is -0.465 e. The van der Waals surface area contributed by atoms with Gasteiger partial charge in [0.1, 0.15) is 5.82 Å². The van der Waals surface area contributed by atoms with Crippen LogP contribution >= 0.6 is 11.6 Å². The number of halogens is 1. The van der Waals surface area contributed by atoms with Crippen molar-refractivity contribution in [3.63, 3.8) is 0 Å². The van der Waals surface area contributed by atoms with Gasteiger partial charge in [-0.1, -0.05) is 32.4 Å². The minimum atomic E-state index is -3.81. The molecule has 0 spiro atoms. The van der Waals surface area contributed by atoms with Crippen LogP contribution in [0.25, 0.3) is 10.9 Å². The van der Waals surface area contributed by atoms with Crippen LogP contribution in [0.5, 0.6) is 0 Å². The Morgan fingerprint density at radius 1 is 1.12 bits per heavy atom. The first kappa shape index (κ1) is 22.4. The van der Waals surface area contributed by atoms with Gasteiger partial charge < -0.3 is 14.9 Å². The van der Waals surface area contributed by atoms with Crippen LogP contribution in [0.15, 0.2) is 53.7 Å². The lowest BCUT2D eigenvalue weighted by Crippen LogP contribution is -2.59. The van der Waals surface area contributed by atoms with Crippen molar-refractivity contribution in [2.24, 2.45) is 5.41 Å². The number of amides is 1. The summed E-state index contributed by atoms with van der Waals surface area (Å²) in [4.78, 5) is 19.9. The molecule has 8 nitrogen and oxygen atoms in total. The number of hydrogen-bond donors (Lipinski definition) is 1. The van der Waals surface area contributed by atoms with Gasteiger partial charge in [0.2, 0.25) is 0 Å². The maximum atomic E-state index is 13.2. The van der Waals surface area contributed by atoms with Crippen molar-refractivity contribution in [3.8, 4) is 0 Å². The van der Waals surface area contributed by atoms with Crippen LogP contribution in [-0.4, -0.2) is 59.1 Å². The average Bonchev–Trinajstić information content (AvgIpc) is 3.18. The predicted molar refractivity (Wildman–Crippen MR) is 124 cm³/mol. The molecule has 1 N–H and O–H groups in total. The molecule has 3 heterocycles. The molecular formula is C22H25ClN4O4S. The lowest BCUT2D eigenvalue weighted by atomic mass is 9.84. The second-order valence-corrected chi connectivity index (χ2v) is 11.2. The molecule has 2 aromatic heterocycles. The van der Waals surface area contributed by atoms with Gasteiger partial charge in [-0.2, -0.15) is 0 Å². The first-order valence-electron chi connectivity index (χ1n) is 10.2. The largest absolute Gasteiger partial charge is 0.465 e. The van der Waals surface area contributed by atoms with Gasteiger partial charge in [-0.25, -0.2) is 22.2 Å². The predicted octanol–water partition coefficient (Wildman–Crippen LogP) is 4.14. The molecule has 1 unspecified atom stereocenters. The number of anilines is 1. The highest BCUT2D eigenvalue weighted by atomic mass is 35.5. The summed E-state index contributed by atoms with van der Waals surface area (Å²) in [6.45, 7) is 7.33. The molecule has 4 rings (SSSR count). The summed E-state index contributed by atoms with van der Waals surface area (Å²) in [7, 11) is -3.81. The number of hydrogen-bond acceptors (Lipinski definition) is 5. The smallest absolute Gasteiger partial charge is 0.407 e. The topological polar surface area (TPSA) is 95.7 Å². The number of pyridine rings is 1. The SMILES string of the molecule is CC(C)(C)C1CN(c2nccc3c2ccn3S(=O)(=O)c2ccc(Cl)cc2)CCN1C(=O)O. The van der Waals surface area contributed by atoms with Gasteiger partial charge in [0.15, 0.2) is 0 Å². The standard InChI is InChI=1S/C22H25ClN4O4S/c1-22(2,3)19-14-25(12-13-26(19)21(28)29)20-17-9-11-27(18(17)8-10-24-20)32(30,31)16-6-4-15(23)5-7-16/h4-11,19H,12-14H2,1-3H3,(H,28,29). The van der Waals surface area contributed by atoms with Crippen LogP contribution < -0.4 is 4.90 Å². The van der Waals surface area contributed by atoms with Crippen LogP contribution in [0, 0.1) is 5.41 Å². The van der Waals surface area contributed by atoms with Crippen LogP contribution in [0.3, 0.4) is 0 Å². The number of fused-ring (bicyclic) bond motifs is 1. The van der Waals surface area contributed by atoms with E-state index in [1.807, 2.05) is 25.7 Å². The quantitative estimate of drug-likeness (QED) is 0.610. The highest BCUT2D eigenvalue weighted by molar-refractivity contribution is 7.90. The summed E-state index contributed by atoms with van der Waals surface area (Å²) in [5, 5.41) is 10.8. The summed E-state index contributed by atoms with van der Waals surface area (Å²) in [5.74, 6) is 0.645. The molecule has 170 valence electrons. The molecule has 3 aromatic rings. The lowest BCUT2D eigenvalue weighted by Gasteiger charge is -2.46. The third-order valence-corrected chi connectivity index (χ3v) is 7.81. The van der Waals surface area contributed by atoms with E-state index >= 15 is 0 Å². The fraction of sp³-hybridized carbons (Fsp3) is 0.364. The zero-order valence-electron chi connectivity index (χ0n) is 18.1. The lowest BCUT2D eigenvalue weighted by molar-refractivity contribution is 0.0747. The van der Waals surface area contributed by atoms with Crippen LogP contribution in [-0.2, 0) is 10.0 Å². The van der Waals surface area contributed by atoms with Crippen molar-refractivity contribution in [2.75, 3.05) is 24.5 Å². The molecular weight excluding hydrogens is 452 g/mol. The van der Waals surface area contributed by atoms with Crippen LogP contribution in [0.1, 0.15) is 20.8 Å². The highest BCUT2D eigenvalue weighted by Gasteiger charge is 2.38. The molecule has 32 heavy (non-hydrogen) atoms. The number of carbonyl (C=O) groups is 1. The van der Waals surface area contributed by atoms with Crippen LogP contribution in [0.2, 0.25) is 5.02 Å². The summed E-state index contributed by atoms with van der Waals surface area (Å²) < 4.78 is 27.7. The molecule has 0 aliphatic carbocycles. The van der Waals surface area contributed by atoms with Crippen LogP contribution in [0.4, 0.5) is 10.6 Å². The number of benzene rings is 1. The molecule has 1 aromatic carbocycles. The van der Waals surface area contributed by atoms with Crippen molar-refractivity contribution in [1.29, 1.82) is 0 Å². The van der Waals surface area contributed by atoms with E-state index in [-0.39, 0.29) is 16.4 Å². The Morgan fingerprint density at radius 2 is 1.81 bits per heavy atom. The Morgan fingerprint density at radius 3 is 2.44 bits per heavy atom. The van der Waals surface area contributed by atoms with Crippen molar-refractivity contribution >= 4 is 44.4 Å². The first-order chi connectivity index (χ1) is 15.0. The third kappa shape index (κ3) is 3.91. The normalized spacial score (nSPS) is 17.7. The van der Waals surface area contributed by atoms with E-state index in [0.29, 0.717) is 41.4 Å². The average molecular weight is 477 g/mol. The summed E-state index contributed by atoms with van der Waals surface area (Å²) in [5.41, 5.74) is 0.243. The van der Waals surface area contributed by atoms with E-state index < -0.39 is 16.1 Å². The van der Waals surface area contributed by atoms with E-state index in [2.05, 4.69) is 4.98 Å². The summed E-state index contributed by atoms with van der Waals surface area (Å²) in [6.07, 6.45) is 2.17. The maximum absolute atomic E-state index is 13.2. The fourth-order valence-electron chi connectivity index (χ4n) is 4.15. The molecule has 1 aliphatic heterocycles. The third-order valence-electron chi connectivity index (χ3n) is 5.86. The molecule has 1 saturated heterocycles. The number of nitrogens with zero attached hydrogens (tertiary/aromatic N) is 4. The maximum Gasteiger partial charge on any atom is 0.407 e. The molecule has 0 radical (unpaired) electrons. The molecule has 0 bridgehead atoms. The second-order valence-electron chi connectivity index (χ2n) is 8.94. The van der Waals surface area contributed by atoms with E-state index in [0.717, 1.165) is 0 Å². The molecule has 1 atom stereocenters. The Kier molecular flexibility index (Phi) is 5.58. The van der Waals surface area contributed by atoms with Gasteiger partial charge in [-0.3, -0.25) is 0 Å². The second kappa shape index (κ2) is 7.97. The van der Waals surface area contributed by atoms with Gasteiger partial charge in [0.25, 0.3) is 10.0 Å². The van der Waals surface area contributed by atoms with Gasteiger partial charge in [0.05, 0.1) is 16.5 Å². The van der Waals surface area contributed by atoms with Crippen molar-refractivity contribution in [2.45, 2.75) is 31.7 Å². The van der Waals surface area contributed by atoms with Crippen molar-refractivity contribution in [3.05, 3.63) is 53.8 Å². The Bertz CT molecular complexity index is 1270. The number of carboxylic acid groups (broad SMARTS) is 1. The Labute approximate surface area is 192 Å². The molecule has 1 aliphatic rings. The zero-order chi connectivity index (χ0) is 23.3. The summed E-state index contributed by atoms with van der Waals surface area (Å²) in [6, 6.07) is 9.21. The highest BCUT2D eigenvalue weighted by Crippen LogP contribution is 2.33. The van der Waals surface area contributed by atoms with Gasteiger partial charge in [-0.05, 0) is 41.8 Å². The van der Waals surface area contributed by atoms with Crippen molar-refractivity contribution < 1.29 is 18.3 Å². The Balaban J connectivity index is 1.74. The number of aromatic nitrogens is 2. The van der Waals surface area contributed by atoms with E-state index in [1.165, 1.54) is 27.2 Å².